The molecule has 0 spiro atoms. The van der Waals surface area contributed by atoms with Crippen molar-refractivity contribution in [3.63, 3.8) is 0 Å². The molecule has 1 aliphatic carbocycles. The van der Waals surface area contributed by atoms with Crippen LogP contribution in [0.15, 0.2) is 0 Å². The first kappa shape index (κ1) is 7.50. The van der Waals surface area contributed by atoms with Crippen LogP contribution in [0.25, 0.3) is 0 Å². The van der Waals surface area contributed by atoms with Gasteiger partial charge < -0.3 is 4.74 Å². The number of nitrogens with two attached hydrogens (primary N) is 1. The second-order valence-corrected chi connectivity index (χ2v) is 2.44. The molecule has 0 aliphatic heterocycles. The zero-order valence-electron chi connectivity index (χ0n) is 5.71. The second-order valence-electron chi connectivity index (χ2n) is 2.44. The molecule has 0 saturated heterocycles. The molecule has 58 valence electrons. The van der Waals surface area contributed by atoms with Crippen LogP contribution in [0.3, 0.4) is 0 Å². The van der Waals surface area contributed by atoms with Crippen LogP contribution in [0.4, 0.5) is 0 Å². The fourth-order valence-corrected chi connectivity index (χ4v) is 0.605. The molecule has 0 bridgehead atoms. The van der Waals surface area contributed by atoms with Crippen molar-refractivity contribution < 1.29 is 14.4 Å². The van der Waals surface area contributed by atoms with Crippen LogP contribution in [0.2, 0.25) is 0 Å². The van der Waals surface area contributed by atoms with Gasteiger partial charge in [0.1, 0.15) is 0 Å². The number of esters is 1. The van der Waals surface area contributed by atoms with Gasteiger partial charge in [-0.2, -0.15) is 0 Å². The highest BCUT2D eigenvalue weighted by Gasteiger charge is 2.22. The van der Waals surface area contributed by atoms with Crippen LogP contribution < -0.4 is 5.90 Å². The van der Waals surface area contributed by atoms with E-state index < -0.39 is 0 Å². The van der Waals surface area contributed by atoms with Crippen molar-refractivity contribution in [1.82, 2.24) is 0 Å². The van der Waals surface area contributed by atoms with Crippen LogP contribution >= 0.6 is 0 Å². The largest absolute Gasteiger partial charge is 0.464 e. The van der Waals surface area contributed by atoms with E-state index >= 15 is 0 Å². The number of rotatable bonds is 4. The van der Waals surface area contributed by atoms with Gasteiger partial charge in [-0.3, -0.25) is 4.84 Å². The molecule has 0 radical (unpaired) electrons. The van der Waals surface area contributed by atoms with Crippen molar-refractivity contribution >= 4 is 5.97 Å². The van der Waals surface area contributed by atoms with Gasteiger partial charge in [0.25, 0.3) is 0 Å². The van der Waals surface area contributed by atoms with Gasteiger partial charge in [0.2, 0.25) is 0 Å². The lowest BCUT2D eigenvalue weighted by molar-refractivity contribution is -0.149. The van der Waals surface area contributed by atoms with E-state index in [0.29, 0.717) is 12.5 Å². The first-order valence-electron chi connectivity index (χ1n) is 3.30. The third kappa shape index (κ3) is 2.80. The average molecular weight is 145 g/mol. The summed E-state index contributed by atoms with van der Waals surface area (Å²) >= 11 is 0. The Labute approximate surface area is 59.2 Å². The fraction of sp³-hybridized carbons (Fsp3) is 0.833. The van der Waals surface area contributed by atoms with Crippen molar-refractivity contribution in [1.29, 1.82) is 0 Å². The van der Waals surface area contributed by atoms with Gasteiger partial charge >= 0.3 is 5.97 Å². The highest BCUT2D eigenvalue weighted by atomic mass is 16.6. The Morgan fingerprint density at radius 3 is 2.80 bits per heavy atom. The summed E-state index contributed by atoms with van der Waals surface area (Å²) < 4.78 is 4.76. The van der Waals surface area contributed by atoms with Crippen LogP contribution in [0, 0.1) is 5.92 Å². The van der Waals surface area contributed by atoms with Gasteiger partial charge in [0.05, 0.1) is 6.61 Å². The molecular weight excluding hydrogens is 134 g/mol. The van der Waals surface area contributed by atoms with E-state index in [1.807, 2.05) is 0 Å². The summed E-state index contributed by atoms with van der Waals surface area (Å²) in [6.07, 6.45) is 2.35. The lowest BCUT2D eigenvalue weighted by atomic mass is 10.5. The Morgan fingerprint density at radius 2 is 2.30 bits per heavy atom. The summed E-state index contributed by atoms with van der Waals surface area (Å²) in [5, 5.41) is 0. The molecule has 0 heterocycles. The van der Waals surface area contributed by atoms with Crippen molar-refractivity contribution in [2.24, 2.45) is 11.8 Å². The summed E-state index contributed by atoms with van der Waals surface area (Å²) in [4.78, 5) is 14.6. The summed E-state index contributed by atoms with van der Waals surface area (Å²) in [6, 6.07) is 0. The van der Waals surface area contributed by atoms with E-state index in [0.717, 1.165) is 0 Å². The van der Waals surface area contributed by atoms with Gasteiger partial charge in [0.15, 0.2) is 6.61 Å². The van der Waals surface area contributed by atoms with Gasteiger partial charge in [0, 0.05) is 0 Å². The van der Waals surface area contributed by atoms with Crippen molar-refractivity contribution in [3.05, 3.63) is 0 Å². The van der Waals surface area contributed by atoms with E-state index in [4.69, 9.17) is 4.74 Å². The van der Waals surface area contributed by atoms with E-state index in [1.165, 1.54) is 12.8 Å². The van der Waals surface area contributed by atoms with Gasteiger partial charge in [-0.1, -0.05) is 0 Å². The molecule has 0 atom stereocenters. The van der Waals surface area contributed by atoms with Crippen LogP contribution in [-0.4, -0.2) is 19.2 Å². The summed E-state index contributed by atoms with van der Waals surface area (Å²) in [6.45, 7) is 0.384. The van der Waals surface area contributed by atoms with E-state index in [9.17, 15) is 4.79 Å². The monoisotopic (exact) mass is 145 g/mol. The highest BCUT2D eigenvalue weighted by Crippen LogP contribution is 2.28. The topological polar surface area (TPSA) is 61.5 Å². The van der Waals surface area contributed by atoms with E-state index in [1.54, 1.807) is 0 Å². The molecule has 10 heavy (non-hydrogen) atoms. The Kier molecular flexibility index (Phi) is 2.65. The van der Waals surface area contributed by atoms with Crippen LogP contribution in [-0.2, 0) is 14.4 Å². The Bertz CT molecular complexity index is 122. The number of carbonyl (C=O) groups excluding carboxylic acids is 1. The van der Waals surface area contributed by atoms with Gasteiger partial charge in [-0.25, -0.2) is 10.7 Å². The quantitative estimate of drug-likeness (QED) is 0.440. The zero-order chi connectivity index (χ0) is 7.40. The molecular formula is C6H11NO3. The first-order valence-corrected chi connectivity index (χ1v) is 3.30. The second kappa shape index (κ2) is 3.53. The molecule has 4 heteroatoms. The number of ether oxygens (including phenoxy) is 1. The number of carbonyl (C=O) groups is 1. The Morgan fingerprint density at radius 1 is 1.60 bits per heavy atom. The molecule has 1 fully saturated rings. The third-order valence-electron chi connectivity index (χ3n) is 1.38. The summed E-state index contributed by atoms with van der Waals surface area (Å²) in [5.74, 6) is 4.87. The third-order valence-corrected chi connectivity index (χ3v) is 1.38. The van der Waals surface area contributed by atoms with E-state index in [-0.39, 0.29) is 12.6 Å². The molecule has 2 N–H and O–H groups in total. The SMILES string of the molecule is NOCC(=O)OCC1CC1. The Hall–Kier alpha value is -0.610. The maximum atomic E-state index is 10.5. The molecule has 1 rings (SSSR count). The molecule has 0 aromatic rings. The molecule has 4 nitrogen and oxygen atoms in total. The van der Waals surface area contributed by atoms with Gasteiger partial charge in [-0.15, -0.1) is 0 Å². The maximum Gasteiger partial charge on any atom is 0.334 e. The average Bonchev–Trinajstić information content (AvgIpc) is 2.67. The van der Waals surface area contributed by atoms with Crippen molar-refractivity contribution in [3.8, 4) is 0 Å². The predicted octanol–water partition coefficient (Wildman–Crippen LogP) is -0.170. The van der Waals surface area contributed by atoms with Crippen LogP contribution in [0.1, 0.15) is 12.8 Å². The summed E-state index contributed by atoms with van der Waals surface area (Å²) in [5.41, 5.74) is 0. The molecule has 0 amide bonds. The first-order chi connectivity index (χ1) is 4.83. The summed E-state index contributed by atoms with van der Waals surface area (Å²) in [7, 11) is 0. The Balaban J connectivity index is 1.94. The highest BCUT2D eigenvalue weighted by molar-refractivity contribution is 5.70. The standard InChI is InChI=1S/C6H11NO3/c7-10-4-6(8)9-3-5-1-2-5/h5H,1-4,7H2. The van der Waals surface area contributed by atoms with Crippen molar-refractivity contribution in [2.75, 3.05) is 13.2 Å². The zero-order valence-corrected chi connectivity index (χ0v) is 5.71. The predicted molar refractivity (Wildman–Crippen MR) is 33.8 cm³/mol. The minimum atomic E-state index is -0.380. The minimum Gasteiger partial charge on any atom is -0.464 e. The van der Waals surface area contributed by atoms with Crippen LogP contribution in [0.5, 0.6) is 0 Å². The van der Waals surface area contributed by atoms with Crippen molar-refractivity contribution in [2.45, 2.75) is 12.8 Å². The fourth-order valence-electron chi connectivity index (χ4n) is 0.605. The maximum absolute atomic E-state index is 10.5. The lowest BCUT2D eigenvalue weighted by Gasteiger charge is -2.00. The van der Waals surface area contributed by atoms with E-state index in [2.05, 4.69) is 10.7 Å². The molecule has 1 aliphatic rings. The lowest BCUT2D eigenvalue weighted by Crippen LogP contribution is -2.16. The smallest absolute Gasteiger partial charge is 0.334 e. The molecule has 0 aromatic heterocycles. The molecule has 1 saturated carbocycles. The number of hydrogen-bond donors (Lipinski definition) is 1. The number of hydrogen-bond acceptors (Lipinski definition) is 4. The minimum absolute atomic E-state index is 0.146. The van der Waals surface area contributed by atoms with Gasteiger partial charge in [-0.05, 0) is 18.8 Å². The molecule has 0 unspecified atom stereocenters. The normalized spacial score (nSPS) is 16.9. The molecule has 0 aromatic carbocycles.